The molecule has 0 aliphatic rings. The highest BCUT2D eigenvalue weighted by atomic mass is 32.2. The molecule has 0 fully saturated rings. The summed E-state index contributed by atoms with van der Waals surface area (Å²) in [6.07, 6.45) is 2.62. The average molecular weight is 251 g/mol. The highest BCUT2D eigenvalue weighted by Gasteiger charge is 2.20. The summed E-state index contributed by atoms with van der Waals surface area (Å²) < 4.78 is 28.0. The number of rotatable bonds is 9. The van der Waals surface area contributed by atoms with Gasteiger partial charge in [-0.1, -0.05) is 20.8 Å². The van der Waals surface area contributed by atoms with Crippen LogP contribution in [0.1, 0.15) is 40.0 Å². The van der Waals surface area contributed by atoms with Crippen molar-refractivity contribution < 1.29 is 8.42 Å². The minimum atomic E-state index is -3.33. The van der Waals surface area contributed by atoms with Gasteiger partial charge in [0, 0.05) is 13.1 Å². The first-order chi connectivity index (χ1) is 7.33. The van der Waals surface area contributed by atoms with Crippen LogP contribution in [0.25, 0.3) is 0 Å². The maximum absolute atomic E-state index is 11.5. The summed E-state index contributed by atoms with van der Waals surface area (Å²) in [4.78, 5) is 0. The smallest absolute Gasteiger partial charge is 0.276 e. The van der Waals surface area contributed by atoms with E-state index in [1.165, 1.54) is 0 Å². The molecule has 5 nitrogen and oxygen atoms in total. The van der Waals surface area contributed by atoms with Gasteiger partial charge in [-0.05, 0) is 31.2 Å². The van der Waals surface area contributed by atoms with Crippen LogP contribution in [0.5, 0.6) is 0 Å². The third-order valence-electron chi connectivity index (χ3n) is 2.34. The van der Waals surface area contributed by atoms with Crippen molar-refractivity contribution in [2.45, 2.75) is 40.0 Å². The van der Waals surface area contributed by atoms with Gasteiger partial charge in [-0.15, -0.1) is 0 Å². The lowest BCUT2D eigenvalue weighted by Gasteiger charge is -2.24. The molecule has 0 rings (SSSR count). The molecule has 0 saturated heterocycles. The van der Waals surface area contributed by atoms with Gasteiger partial charge in [0.2, 0.25) is 0 Å². The van der Waals surface area contributed by atoms with E-state index >= 15 is 0 Å². The summed E-state index contributed by atoms with van der Waals surface area (Å²) >= 11 is 0. The van der Waals surface area contributed by atoms with Crippen LogP contribution in [0.2, 0.25) is 0 Å². The van der Waals surface area contributed by atoms with Crippen LogP contribution in [-0.2, 0) is 10.2 Å². The minimum absolute atomic E-state index is 0.0552. The first-order valence-electron chi connectivity index (χ1n) is 5.77. The quantitative estimate of drug-likeness (QED) is 0.560. The van der Waals surface area contributed by atoms with E-state index in [-0.39, 0.29) is 5.41 Å². The molecule has 98 valence electrons. The highest BCUT2D eigenvalue weighted by Crippen LogP contribution is 2.20. The number of nitrogens with two attached hydrogens (primary N) is 1. The summed E-state index contributed by atoms with van der Waals surface area (Å²) in [6.45, 7) is 7.54. The molecule has 0 bridgehead atoms. The molecule has 0 spiro atoms. The van der Waals surface area contributed by atoms with E-state index in [4.69, 9.17) is 5.73 Å². The topological polar surface area (TPSA) is 84.2 Å². The van der Waals surface area contributed by atoms with E-state index in [1.807, 2.05) is 20.8 Å². The average Bonchev–Trinajstić information content (AvgIpc) is 2.22. The van der Waals surface area contributed by atoms with E-state index in [2.05, 4.69) is 9.44 Å². The fourth-order valence-electron chi connectivity index (χ4n) is 1.25. The van der Waals surface area contributed by atoms with Crippen molar-refractivity contribution >= 4 is 10.2 Å². The van der Waals surface area contributed by atoms with Crippen LogP contribution in [0.4, 0.5) is 0 Å². The van der Waals surface area contributed by atoms with E-state index in [1.54, 1.807) is 0 Å². The molecule has 0 aromatic heterocycles. The largest absolute Gasteiger partial charge is 0.330 e. The summed E-state index contributed by atoms with van der Waals surface area (Å²) in [5.74, 6) is 0. The Bertz CT molecular complexity index is 276. The predicted molar refractivity (Wildman–Crippen MR) is 67.3 cm³/mol. The van der Waals surface area contributed by atoms with Gasteiger partial charge >= 0.3 is 0 Å². The molecule has 0 radical (unpaired) electrons. The minimum Gasteiger partial charge on any atom is -0.330 e. The first-order valence-corrected chi connectivity index (χ1v) is 7.25. The number of hydrogen-bond donors (Lipinski definition) is 3. The van der Waals surface area contributed by atoms with Gasteiger partial charge < -0.3 is 5.73 Å². The van der Waals surface area contributed by atoms with Crippen LogP contribution >= 0.6 is 0 Å². The van der Waals surface area contributed by atoms with Crippen molar-refractivity contribution in [3.8, 4) is 0 Å². The summed E-state index contributed by atoms with van der Waals surface area (Å²) in [5, 5.41) is 0. The van der Waals surface area contributed by atoms with Gasteiger partial charge in [-0.3, -0.25) is 0 Å². The van der Waals surface area contributed by atoms with E-state index in [9.17, 15) is 8.42 Å². The Morgan fingerprint density at radius 1 is 1.25 bits per heavy atom. The highest BCUT2D eigenvalue weighted by molar-refractivity contribution is 7.87. The van der Waals surface area contributed by atoms with Gasteiger partial charge in [0.1, 0.15) is 0 Å². The van der Waals surface area contributed by atoms with E-state index in [0.29, 0.717) is 19.6 Å². The Morgan fingerprint density at radius 3 is 2.38 bits per heavy atom. The standard InChI is InChI=1S/C10H25N3O2S/c1-4-8-12-16(14,15)13-9-10(2,3)6-5-7-11/h12-13H,4-9,11H2,1-3H3. The van der Waals surface area contributed by atoms with Crippen molar-refractivity contribution in [2.75, 3.05) is 19.6 Å². The molecule has 0 aromatic carbocycles. The molecule has 6 heteroatoms. The molecular weight excluding hydrogens is 226 g/mol. The van der Waals surface area contributed by atoms with E-state index < -0.39 is 10.2 Å². The molecule has 0 aromatic rings. The fourth-order valence-corrected chi connectivity index (χ4v) is 2.40. The Hall–Kier alpha value is -0.170. The molecule has 0 amide bonds. The van der Waals surface area contributed by atoms with Crippen LogP contribution in [0.3, 0.4) is 0 Å². The third kappa shape index (κ3) is 8.04. The molecule has 0 aliphatic heterocycles. The Kier molecular flexibility index (Phi) is 7.14. The van der Waals surface area contributed by atoms with Crippen LogP contribution in [-0.4, -0.2) is 28.1 Å². The molecule has 4 N–H and O–H groups in total. The Morgan fingerprint density at radius 2 is 1.88 bits per heavy atom. The van der Waals surface area contributed by atoms with E-state index in [0.717, 1.165) is 19.3 Å². The summed E-state index contributed by atoms with van der Waals surface area (Å²) in [6, 6.07) is 0. The summed E-state index contributed by atoms with van der Waals surface area (Å²) in [5.41, 5.74) is 5.38. The lowest BCUT2D eigenvalue weighted by molar-refractivity contribution is 0.326. The van der Waals surface area contributed by atoms with Gasteiger partial charge in [0.05, 0.1) is 0 Å². The lowest BCUT2D eigenvalue weighted by atomic mass is 9.88. The summed E-state index contributed by atoms with van der Waals surface area (Å²) in [7, 11) is -3.33. The van der Waals surface area contributed by atoms with Gasteiger partial charge in [-0.2, -0.15) is 8.42 Å². The zero-order chi connectivity index (χ0) is 12.7. The van der Waals surface area contributed by atoms with Crippen molar-refractivity contribution in [1.82, 2.24) is 9.44 Å². The second-order valence-corrected chi connectivity index (χ2v) is 6.36. The lowest BCUT2D eigenvalue weighted by Crippen LogP contribution is -2.41. The van der Waals surface area contributed by atoms with Gasteiger partial charge in [0.25, 0.3) is 10.2 Å². The van der Waals surface area contributed by atoms with Crippen molar-refractivity contribution in [1.29, 1.82) is 0 Å². The van der Waals surface area contributed by atoms with Gasteiger partial charge in [0.15, 0.2) is 0 Å². The molecule has 0 heterocycles. The van der Waals surface area contributed by atoms with Crippen LogP contribution in [0, 0.1) is 5.41 Å². The van der Waals surface area contributed by atoms with Crippen molar-refractivity contribution in [2.24, 2.45) is 11.1 Å². The SMILES string of the molecule is CCCNS(=O)(=O)NCC(C)(C)CCCN. The molecule has 0 unspecified atom stereocenters. The Labute approximate surface area is 99.4 Å². The first kappa shape index (κ1) is 15.8. The van der Waals surface area contributed by atoms with Crippen molar-refractivity contribution in [3.63, 3.8) is 0 Å². The third-order valence-corrected chi connectivity index (χ3v) is 3.45. The molecular formula is C10H25N3O2S. The van der Waals surface area contributed by atoms with Crippen LogP contribution in [0.15, 0.2) is 0 Å². The van der Waals surface area contributed by atoms with Crippen molar-refractivity contribution in [3.05, 3.63) is 0 Å². The predicted octanol–water partition coefficient (Wildman–Crippen LogP) is 0.586. The Balaban J connectivity index is 4.02. The molecule has 16 heavy (non-hydrogen) atoms. The second kappa shape index (κ2) is 7.21. The molecule has 0 aliphatic carbocycles. The number of nitrogens with one attached hydrogen (secondary N) is 2. The maximum atomic E-state index is 11.5. The normalized spacial score (nSPS) is 13.0. The monoisotopic (exact) mass is 251 g/mol. The molecule has 0 atom stereocenters. The maximum Gasteiger partial charge on any atom is 0.276 e. The molecule has 0 saturated carbocycles. The fraction of sp³-hybridized carbons (Fsp3) is 1.00. The zero-order valence-corrected chi connectivity index (χ0v) is 11.4. The number of hydrogen-bond acceptors (Lipinski definition) is 3. The van der Waals surface area contributed by atoms with Crippen LogP contribution < -0.4 is 15.2 Å². The van der Waals surface area contributed by atoms with Gasteiger partial charge in [-0.25, -0.2) is 9.44 Å². The zero-order valence-electron chi connectivity index (χ0n) is 10.5. The second-order valence-electron chi connectivity index (χ2n) is 4.78.